The molecule has 0 saturated heterocycles. The third-order valence-corrected chi connectivity index (χ3v) is 4.13. The van der Waals surface area contributed by atoms with Crippen LogP contribution in [0.15, 0.2) is 23.3 Å². The quantitative estimate of drug-likeness (QED) is 0.477. The molecule has 0 aliphatic heterocycles. The minimum Gasteiger partial charge on any atom is -0.0819 e. The highest BCUT2D eigenvalue weighted by atomic mass is 14.5. The molecule has 0 N–H and O–H groups in total. The third-order valence-electron chi connectivity index (χ3n) is 4.13. The van der Waals surface area contributed by atoms with Gasteiger partial charge in [-0.2, -0.15) is 0 Å². The Balaban J connectivity index is 2.00. The van der Waals surface area contributed by atoms with Crippen molar-refractivity contribution in [2.75, 3.05) is 0 Å². The summed E-state index contributed by atoms with van der Waals surface area (Å²) in [4.78, 5) is 0. The molecule has 0 aromatic carbocycles. The summed E-state index contributed by atoms with van der Waals surface area (Å²) in [7, 11) is 0. The summed E-state index contributed by atoms with van der Waals surface area (Å²) in [6.07, 6.45) is 7.94. The van der Waals surface area contributed by atoms with Crippen LogP contribution in [0.3, 0.4) is 0 Å². The van der Waals surface area contributed by atoms with Gasteiger partial charge < -0.3 is 0 Å². The minimum atomic E-state index is 0.928. The van der Waals surface area contributed by atoms with Crippen LogP contribution in [0, 0.1) is 23.7 Å². The standard InChI is InChI=1S/C12H16/c1-7-3-11-9-5-8(2)10(6-9)12(11)4-7/h4-5,9-12H,3,6H2,1-2H3. The van der Waals surface area contributed by atoms with E-state index in [2.05, 4.69) is 26.0 Å². The first-order valence-corrected chi connectivity index (χ1v) is 5.11. The van der Waals surface area contributed by atoms with Crippen LogP contribution in [-0.4, -0.2) is 0 Å². The molecule has 4 unspecified atom stereocenters. The molecule has 1 fully saturated rings. The molecule has 64 valence electrons. The van der Waals surface area contributed by atoms with Crippen molar-refractivity contribution >= 4 is 0 Å². The highest BCUT2D eigenvalue weighted by molar-refractivity contribution is 5.29. The third kappa shape index (κ3) is 0.688. The van der Waals surface area contributed by atoms with E-state index in [0.717, 1.165) is 23.7 Å². The first-order valence-electron chi connectivity index (χ1n) is 5.11. The summed E-state index contributed by atoms with van der Waals surface area (Å²) in [5.74, 6) is 3.80. The van der Waals surface area contributed by atoms with Gasteiger partial charge in [0.25, 0.3) is 0 Å². The fourth-order valence-corrected chi connectivity index (χ4v) is 3.65. The molecule has 3 rings (SSSR count). The van der Waals surface area contributed by atoms with E-state index in [1.807, 2.05) is 0 Å². The summed E-state index contributed by atoms with van der Waals surface area (Å²) in [5, 5.41) is 0. The zero-order chi connectivity index (χ0) is 8.29. The van der Waals surface area contributed by atoms with E-state index >= 15 is 0 Å². The second-order valence-electron chi connectivity index (χ2n) is 4.88. The molecule has 0 spiro atoms. The lowest BCUT2D eigenvalue weighted by Gasteiger charge is -2.22. The van der Waals surface area contributed by atoms with E-state index in [1.54, 1.807) is 11.1 Å². The zero-order valence-electron chi connectivity index (χ0n) is 7.88. The second-order valence-corrected chi connectivity index (χ2v) is 4.88. The zero-order valence-corrected chi connectivity index (χ0v) is 7.88. The molecule has 0 radical (unpaired) electrons. The van der Waals surface area contributed by atoms with Gasteiger partial charge in [0, 0.05) is 0 Å². The maximum absolute atomic E-state index is 2.55. The van der Waals surface area contributed by atoms with E-state index in [9.17, 15) is 0 Å². The maximum Gasteiger partial charge on any atom is -0.0128 e. The van der Waals surface area contributed by atoms with Crippen molar-refractivity contribution < 1.29 is 0 Å². The molecular weight excluding hydrogens is 144 g/mol. The fourth-order valence-electron chi connectivity index (χ4n) is 3.65. The normalized spacial score (nSPS) is 49.2. The molecule has 0 aromatic heterocycles. The monoisotopic (exact) mass is 160 g/mol. The van der Waals surface area contributed by atoms with Crippen LogP contribution in [0.4, 0.5) is 0 Å². The maximum atomic E-state index is 2.55. The lowest BCUT2D eigenvalue weighted by atomic mass is 9.82. The van der Waals surface area contributed by atoms with Crippen molar-refractivity contribution in [1.29, 1.82) is 0 Å². The smallest absolute Gasteiger partial charge is 0.0128 e. The minimum absolute atomic E-state index is 0.928. The Hall–Kier alpha value is -0.520. The Bertz CT molecular complexity index is 282. The predicted molar refractivity (Wildman–Crippen MR) is 50.7 cm³/mol. The van der Waals surface area contributed by atoms with Crippen molar-refractivity contribution in [2.45, 2.75) is 26.7 Å². The van der Waals surface area contributed by atoms with Gasteiger partial charge in [-0.05, 0) is 50.4 Å². The van der Waals surface area contributed by atoms with E-state index in [0.29, 0.717) is 0 Å². The number of hydrogen-bond acceptors (Lipinski definition) is 0. The van der Waals surface area contributed by atoms with Crippen molar-refractivity contribution in [3.8, 4) is 0 Å². The van der Waals surface area contributed by atoms with E-state index < -0.39 is 0 Å². The van der Waals surface area contributed by atoms with Crippen LogP contribution in [0.5, 0.6) is 0 Å². The van der Waals surface area contributed by atoms with E-state index in [4.69, 9.17) is 0 Å². The Labute approximate surface area is 74.4 Å². The Morgan fingerprint density at radius 3 is 2.92 bits per heavy atom. The Morgan fingerprint density at radius 1 is 1.25 bits per heavy atom. The molecule has 4 atom stereocenters. The molecular formula is C12H16. The predicted octanol–water partition coefficient (Wildman–Crippen LogP) is 3.16. The molecule has 0 aromatic rings. The Kier molecular flexibility index (Phi) is 1.18. The van der Waals surface area contributed by atoms with Crippen molar-refractivity contribution in [3.63, 3.8) is 0 Å². The van der Waals surface area contributed by atoms with Crippen molar-refractivity contribution in [1.82, 2.24) is 0 Å². The van der Waals surface area contributed by atoms with Crippen LogP contribution < -0.4 is 0 Å². The van der Waals surface area contributed by atoms with Gasteiger partial charge in [0.15, 0.2) is 0 Å². The number of allylic oxidation sites excluding steroid dienone is 4. The van der Waals surface area contributed by atoms with E-state index in [-0.39, 0.29) is 0 Å². The summed E-state index contributed by atoms with van der Waals surface area (Å²) in [6.45, 7) is 4.62. The number of fused-ring (bicyclic) bond motifs is 5. The summed E-state index contributed by atoms with van der Waals surface area (Å²) < 4.78 is 0. The van der Waals surface area contributed by atoms with Crippen LogP contribution in [0.2, 0.25) is 0 Å². The van der Waals surface area contributed by atoms with Crippen molar-refractivity contribution in [3.05, 3.63) is 23.3 Å². The lowest BCUT2D eigenvalue weighted by molar-refractivity contribution is 0.386. The van der Waals surface area contributed by atoms with Gasteiger partial charge in [0.05, 0.1) is 0 Å². The van der Waals surface area contributed by atoms with Crippen LogP contribution in [-0.2, 0) is 0 Å². The molecule has 12 heavy (non-hydrogen) atoms. The summed E-state index contributed by atoms with van der Waals surface area (Å²) >= 11 is 0. The van der Waals surface area contributed by atoms with Crippen LogP contribution in [0.25, 0.3) is 0 Å². The largest absolute Gasteiger partial charge is 0.0819 e. The molecule has 3 aliphatic carbocycles. The SMILES string of the molecule is CC1=CC2C3CC(C=C3C)C2C1. The van der Waals surface area contributed by atoms with Gasteiger partial charge in [-0.3, -0.25) is 0 Å². The lowest BCUT2D eigenvalue weighted by Crippen LogP contribution is -2.15. The highest BCUT2D eigenvalue weighted by Gasteiger charge is 2.47. The number of rotatable bonds is 0. The summed E-state index contributed by atoms with van der Waals surface area (Å²) in [5.41, 5.74) is 3.31. The topological polar surface area (TPSA) is 0 Å². The van der Waals surface area contributed by atoms with Gasteiger partial charge in [0.1, 0.15) is 0 Å². The first kappa shape index (κ1) is 6.94. The molecule has 1 saturated carbocycles. The van der Waals surface area contributed by atoms with E-state index in [1.165, 1.54) is 12.8 Å². The Morgan fingerprint density at radius 2 is 2.08 bits per heavy atom. The molecule has 0 nitrogen and oxygen atoms in total. The van der Waals surface area contributed by atoms with Gasteiger partial charge in [-0.15, -0.1) is 0 Å². The average Bonchev–Trinajstić information content (AvgIpc) is 2.57. The first-order chi connectivity index (χ1) is 5.75. The summed E-state index contributed by atoms with van der Waals surface area (Å²) in [6, 6.07) is 0. The highest BCUT2D eigenvalue weighted by Crippen LogP contribution is 2.56. The molecule has 3 aliphatic rings. The van der Waals surface area contributed by atoms with Crippen LogP contribution in [0.1, 0.15) is 26.7 Å². The van der Waals surface area contributed by atoms with Crippen LogP contribution >= 0.6 is 0 Å². The molecule has 0 heteroatoms. The average molecular weight is 160 g/mol. The fraction of sp³-hybridized carbons (Fsp3) is 0.667. The van der Waals surface area contributed by atoms with Gasteiger partial charge in [-0.1, -0.05) is 23.3 Å². The second kappa shape index (κ2) is 2.04. The molecule has 0 amide bonds. The number of hydrogen-bond donors (Lipinski definition) is 0. The molecule has 0 heterocycles. The van der Waals surface area contributed by atoms with Gasteiger partial charge >= 0.3 is 0 Å². The molecule has 2 bridgehead atoms. The van der Waals surface area contributed by atoms with Gasteiger partial charge in [0.2, 0.25) is 0 Å². The van der Waals surface area contributed by atoms with Crippen molar-refractivity contribution in [2.24, 2.45) is 23.7 Å². The van der Waals surface area contributed by atoms with Gasteiger partial charge in [-0.25, -0.2) is 0 Å².